The second-order valence-electron chi connectivity index (χ2n) is 5.94. The fraction of sp³-hybridized carbons (Fsp3) is 0.389. The topological polar surface area (TPSA) is 40.5 Å². The second kappa shape index (κ2) is 5.86. The average molecular weight is 283 g/mol. The molecule has 0 heterocycles. The number of hydrogen-bond donors (Lipinski definition) is 1. The molecule has 1 N–H and O–H groups in total. The maximum atomic E-state index is 12.5. The maximum Gasteiger partial charge on any atom is 0.228 e. The van der Waals surface area contributed by atoms with Crippen LogP contribution in [0.2, 0.25) is 0 Å². The molecule has 3 heteroatoms. The average Bonchev–Trinajstić information content (AvgIpc) is 2.93. The molecule has 2 aromatic carbocycles. The van der Waals surface area contributed by atoms with Gasteiger partial charge in [-0.1, -0.05) is 42.5 Å². The predicted octanol–water partition coefficient (Wildman–Crippen LogP) is 2.96. The molecule has 2 aromatic rings. The van der Waals surface area contributed by atoms with Crippen molar-refractivity contribution in [3.8, 4) is 0 Å². The summed E-state index contributed by atoms with van der Waals surface area (Å²) in [5.41, 5.74) is 1.15. The van der Waals surface area contributed by atoms with Crippen LogP contribution < -0.4 is 0 Å². The minimum absolute atomic E-state index is 0.0629. The second-order valence-corrected chi connectivity index (χ2v) is 5.94. The number of carbonyl (C=O) groups is 1. The fourth-order valence-corrected chi connectivity index (χ4v) is 3.28. The molecule has 0 saturated heterocycles. The first-order chi connectivity index (χ1) is 10.2. The summed E-state index contributed by atoms with van der Waals surface area (Å²) in [4.78, 5) is 14.2. The number of amides is 1. The Labute approximate surface area is 125 Å². The third-order valence-electron chi connectivity index (χ3n) is 4.46. The Kier molecular flexibility index (Phi) is 3.93. The van der Waals surface area contributed by atoms with Gasteiger partial charge in [-0.15, -0.1) is 0 Å². The molecule has 1 amide bonds. The summed E-state index contributed by atoms with van der Waals surface area (Å²) in [6.07, 6.45) is 2.03. The zero-order chi connectivity index (χ0) is 14.8. The number of hydrogen-bond acceptors (Lipinski definition) is 2. The normalized spacial score (nSPS) is 21.6. The van der Waals surface area contributed by atoms with Gasteiger partial charge in [0, 0.05) is 13.6 Å². The quantitative estimate of drug-likeness (QED) is 0.941. The molecule has 21 heavy (non-hydrogen) atoms. The van der Waals surface area contributed by atoms with E-state index in [1.807, 2.05) is 25.2 Å². The molecule has 0 radical (unpaired) electrons. The van der Waals surface area contributed by atoms with Gasteiger partial charge >= 0.3 is 0 Å². The molecule has 1 fully saturated rings. The highest BCUT2D eigenvalue weighted by Gasteiger charge is 2.33. The summed E-state index contributed by atoms with van der Waals surface area (Å²) in [5.74, 6) is -0.155. The molecule has 0 aromatic heterocycles. The van der Waals surface area contributed by atoms with E-state index in [1.165, 1.54) is 10.8 Å². The molecule has 1 aliphatic rings. The molecule has 3 nitrogen and oxygen atoms in total. The maximum absolute atomic E-state index is 12.5. The lowest BCUT2D eigenvalue weighted by molar-refractivity contribution is -0.137. The SMILES string of the molecule is CN(Cc1cccc2ccccc12)C(=O)C1CCCC1O. The van der Waals surface area contributed by atoms with Gasteiger partial charge in [-0.05, 0) is 35.6 Å². The van der Waals surface area contributed by atoms with Crippen molar-refractivity contribution in [2.75, 3.05) is 7.05 Å². The molecule has 0 spiro atoms. The summed E-state index contributed by atoms with van der Waals surface area (Å²) < 4.78 is 0. The zero-order valence-corrected chi connectivity index (χ0v) is 12.3. The Morgan fingerprint density at radius 3 is 2.71 bits per heavy atom. The van der Waals surface area contributed by atoms with E-state index < -0.39 is 6.10 Å². The Morgan fingerprint density at radius 1 is 1.19 bits per heavy atom. The number of aliphatic hydroxyl groups excluding tert-OH is 1. The van der Waals surface area contributed by atoms with Crippen LogP contribution in [-0.4, -0.2) is 29.1 Å². The Bertz CT molecular complexity index is 647. The summed E-state index contributed by atoms with van der Waals surface area (Å²) >= 11 is 0. The first kappa shape index (κ1) is 14.1. The molecule has 1 saturated carbocycles. The van der Waals surface area contributed by atoms with Crippen LogP contribution in [0.25, 0.3) is 10.8 Å². The molecule has 1 aliphatic carbocycles. The number of aliphatic hydroxyl groups is 1. The van der Waals surface area contributed by atoms with Crippen molar-refractivity contribution >= 4 is 16.7 Å². The third-order valence-corrected chi connectivity index (χ3v) is 4.46. The van der Waals surface area contributed by atoms with E-state index in [0.717, 1.165) is 24.8 Å². The van der Waals surface area contributed by atoms with Gasteiger partial charge in [-0.3, -0.25) is 4.79 Å². The van der Waals surface area contributed by atoms with Crippen molar-refractivity contribution < 1.29 is 9.90 Å². The number of benzene rings is 2. The van der Waals surface area contributed by atoms with Crippen LogP contribution in [0.3, 0.4) is 0 Å². The number of nitrogens with zero attached hydrogens (tertiary/aromatic N) is 1. The predicted molar refractivity (Wildman–Crippen MR) is 83.8 cm³/mol. The molecular weight excluding hydrogens is 262 g/mol. The summed E-state index contributed by atoms with van der Waals surface area (Å²) in [5, 5.41) is 12.3. The first-order valence-electron chi connectivity index (χ1n) is 7.56. The minimum atomic E-state index is -0.465. The molecule has 0 aliphatic heterocycles. The smallest absolute Gasteiger partial charge is 0.228 e. The van der Waals surface area contributed by atoms with Crippen molar-refractivity contribution in [1.29, 1.82) is 0 Å². The zero-order valence-electron chi connectivity index (χ0n) is 12.3. The molecule has 2 atom stereocenters. The number of carbonyl (C=O) groups excluding carboxylic acids is 1. The standard InChI is InChI=1S/C18H21NO2/c1-19(18(21)16-10-5-11-17(16)20)12-14-8-4-7-13-6-2-3-9-15(13)14/h2-4,6-9,16-17,20H,5,10-12H2,1H3. The van der Waals surface area contributed by atoms with Crippen LogP contribution in [0.15, 0.2) is 42.5 Å². The molecule has 110 valence electrons. The lowest BCUT2D eigenvalue weighted by atomic mass is 10.0. The Hall–Kier alpha value is -1.87. The lowest BCUT2D eigenvalue weighted by Crippen LogP contribution is -2.36. The van der Waals surface area contributed by atoms with E-state index >= 15 is 0 Å². The van der Waals surface area contributed by atoms with Crippen molar-refractivity contribution in [2.45, 2.75) is 31.9 Å². The van der Waals surface area contributed by atoms with Gasteiger partial charge in [0.15, 0.2) is 0 Å². The third kappa shape index (κ3) is 2.79. The van der Waals surface area contributed by atoms with Gasteiger partial charge in [0.1, 0.15) is 0 Å². The van der Waals surface area contributed by atoms with Crippen molar-refractivity contribution in [3.63, 3.8) is 0 Å². The first-order valence-corrected chi connectivity index (χ1v) is 7.56. The number of fused-ring (bicyclic) bond motifs is 1. The van der Waals surface area contributed by atoms with Crippen LogP contribution in [-0.2, 0) is 11.3 Å². The van der Waals surface area contributed by atoms with Gasteiger partial charge in [-0.25, -0.2) is 0 Å². The molecular formula is C18H21NO2. The van der Waals surface area contributed by atoms with Crippen molar-refractivity contribution in [3.05, 3.63) is 48.0 Å². The van der Waals surface area contributed by atoms with E-state index in [4.69, 9.17) is 0 Å². The van der Waals surface area contributed by atoms with Gasteiger partial charge < -0.3 is 10.0 Å². The molecule has 0 bridgehead atoms. The minimum Gasteiger partial charge on any atom is -0.392 e. The summed E-state index contributed by atoms with van der Waals surface area (Å²) in [6.45, 7) is 0.587. The Morgan fingerprint density at radius 2 is 1.95 bits per heavy atom. The fourth-order valence-electron chi connectivity index (χ4n) is 3.28. The summed E-state index contributed by atoms with van der Waals surface area (Å²) in [6, 6.07) is 14.4. The van der Waals surface area contributed by atoms with Crippen molar-refractivity contribution in [1.82, 2.24) is 4.90 Å². The highest BCUT2D eigenvalue weighted by atomic mass is 16.3. The largest absolute Gasteiger partial charge is 0.392 e. The van der Waals surface area contributed by atoms with Gasteiger partial charge in [0.25, 0.3) is 0 Å². The lowest BCUT2D eigenvalue weighted by Gasteiger charge is -2.23. The van der Waals surface area contributed by atoms with E-state index in [1.54, 1.807) is 4.90 Å². The van der Waals surface area contributed by atoms with Gasteiger partial charge in [0.2, 0.25) is 5.91 Å². The van der Waals surface area contributed by atoms with Gasteiger partial charge in [0.05, 0.1) is 12.0 Å². The highest BCUT2D eigenvalue weighted by Crippen LogP contribution is 2.28. The Balaban J connectivity index is 1.80. The van der Waals surface area contributed by atoms with Gasteiger partial charge in [-0.2, -0.15) is 0 Å². The van der Waals surface area contributed by atoms with Crippen LogP contribution in [0.4, 0.5) is 0 Å². The monoisotopic (exact) mass is 283 g/mol. The van der Waals surface area contributed by atoms with Crippen LogP contribution in [0.5, 0.6) is 0 Å². The number of rotatable bonds is 3. The van der Waals surface area contributed by atoms with E-state index in [-0.39, 0.29) is 11.8 Å². The van der Waals surface area contributed by atoms with Crippen LogP contribution >= 0.6 is 0 Å². The summed E-state index contributed by atoms with van der Waals surface area (Å²) in [7, 11) is 1.83. The highest BCUT2D eigenvalue weighted by molar-refractivity contribution is 5.86. The van der Waals surface area contributed by atoms with Crippen LogP contribution in [0.1, 0.15) is 24.8 Å². The molecule has 3 rings (SSSR count). The molecule has 2 unspecified atom stereocenters. The van der Waals surface area contributed by atoms with E-state index in [9.17, 15) is 9.90 Å². The van der Waals surface area contributed by atoms with Crippen molar-refractivity contribution in [2.24, 2.45) is 5.92 Å². The van der Waals surface area contributed by atoms with E-state index in [0.29, 0.717) is 6.54 Å². The van der Waals surface area contributed by atoms with E-state index in [2.05, 4.69) is 24.3 Å². The van der Waals surface area contributed by atoms with Crippen LogP contribution in [0, 0.1) is 5.92 Å².